The van der Waals surface area contributed by atoms with Crippen molar-refractivity contribution in [1.82, 2.24) is 10.3 Å². The van der Waals surface area contributed by atoms with E-state index in [-0.39, 0.29) is 24.2 Å². The molecule has 0 saturated carbocycles. The van der Waals surface area contributed by atoms with Crippen LogP contribution in [0.4, 0.5) is 5.13 Å². The summed E-state index contributed by atoms with van der Waals surface area (Å²) in [7, 11) is 0. The van der Waals surface area contributed by atoms with Crippen molar-refractivity contribution < 1.29 is 4.79 Å². The maximum atomic E-state index is 12.1. The first kappa shape index (κ1) is 15.7. The first-order valence-electron chi connectivity index (χ1n) is 7.33. The quantitative estimate of drug-likeness (QED) is 0.882. The van der Waals surface area contributed by atoms with Crippen LogP contribution in [0.1, 0.15) is 42.7 Å². The normalized spacial score (nSPS) is 22.3. The van der Waals surface area contributed by atoms with Crippen molar-refractivity contribution in [3.05, 3.63) is 10.6 Å². The van der Waals surface area contributed by atoms with Crippen LogP contribution in [0.5, 0.6) is 0 Å². The zero-order chi connectivity index (χ0) is 13.1. The Labute approximate surface area is 130 Å². The molecule has 2 heterocycles. The molecule has 1 aromatic heterocycles. The van der Waals surface area contributed by atoms with Crippen LogP contribution in [0, 0.1) is 5.92 Å². The standard InChI is InChI=1S/C14H21N3OS.ClH/c18-13(10-7-8-15-9-10)17-14-16-11-5-3-1-2-4-6-12(11)19-14;/h10,15H,1-9H2,(H,16,17,18);1H. The molecule has 1 saturated heterocycles. The van der Waals surface area contributed by atoms with Crippen LogP contribution in [-0.2, 0) is 17.6 Å². The van der Waals surface area contributed by atoms with E-state index in [2.05, 4.69) is 15.6 Å². The molecule has 1 fully saturated rings. The van der Waals surface area contributed by atoms with Crippen molar-refractivity contribution in [2.24, 2.45) is 5.92 Å². The molecule has 2 aliphatic rings. The van der Waals surface area contributed by atoms with Crippen LogP contribution >= 0.6 is 23.7 Å². The van der Waals surface area contributed by atoms with Gasteiger partial charge in [-0.25, -0.2) is 4.98 Å². The van der Waals surface area contributed by atoms with Gasteiger partial charge in [0.25, 0.3) is 0 Å². The number of hydrogen-bond acceptors (Lipinski definition) is 4. The van der Waals surface area contributed by atoms with Crippen LogP contribution in [0.15, 0.2) is 0 Å². The highest BCUT2D eigenvalue weighted by atomic mass is 35.5. The number of thiazole rings is 1. The van der Waals surface area contributed by atoms with Gasteiger partial charge in [0, 0.05) is 11.4 Å². The van der Waals surface area contributed by atoms with Crippen molar-refractivity contribution in [2.45, 2.75) is 44.9 Å². The van der Waals surface area contributed by atoms with Gasteiger partial charge in [0.05, 0.1) is 11.6 Å². The van der Waals surface area contributed by atoms with Gasteiger partial charge in [-0.05, 0) is 38.6 Å². The summed E-state index contributed by atoms with van der Waals surface area (Å²) in [6.45, 7) is 1.75. The number of aromatic nitrogens is 1. The highest BCUT2D eigenvalue weighted by Crippen LogP contribution is 2.28. The van der Waals surface area contributed by atoms with Gasteiger partial charge < -0.3 is 10.6 Å². The Morgan fingerprint density at radius 3 is 2.80 bits per heavy atom. The molecule has 2 N–H and O–H groups in total. The van der Waals surface area contributed by atoms with Crippen molar-refractivity contribution in [3.8, 4) is 0 Å². The van der Waals surface area contributed by atoms with Crippen LogP contribution < -0.4 is 10.6 Å². The van der Waals surface area contributed by atoms with Gasteiger partial charge in [-0.3, -0.25) is 4.79 Å². The number of halogens is 1. The van der Waals surface area contributed by atoms with E-state index in [1.54, 1.807) is 11.3 Å². The number of carbonyl (C=O) groups excluding carboxylic acids is 1. The van der Waals surface area contributed by atoms with Gasteiger partial charge in [0.15, 0.2) is 5.13 Å². The van der Waals surface area contributed by atoms with E-state index < -0.39 is 0 Å². The number of rotatable bonds is 2. The third-order valence-corrected chi connectivity index (χ3v) is 5.08. The predicted octanol–water partition coefficient (Wildman–Crippen LogP) is 2.77. The second-order valence-electron chi connectivity index (χ2n) is 5.48. The van der Waals surface area contributed by atoms with E-state index in [1.807, 2.05) is 0 Å². The number of nitrogens with one attached hydrogen (secondary N) is 2. The van der Waals surface area contributed by atoms with Gasteiger partial charge in [0.1, 0.15) is 0 Å². The van der Waals surface area contributed by atoms with E-state index >= 15 is 0 Å². The number of aryl methyl sites for hydroxylation is 2. The summed E-state index contributed by atoms with van der Waals surface area (Å²) in [6, 6.07) is 0. The number of fused-ring (bicyclic) bond motifs is 1. The number of amides is 1. The lowest BCUT2D eigenvalue weighted by Crippen LogP contribution is -2.24. The Kier molecular flexibility index (Phi) is 5.81. The summed E-state index contributed by atoms with van der Waals surface area (Å²) in [5, 5.41) is 7.05. The molecule has 6 heteroatoms. The summed E-state index contributed by atoms with van der Waals surface area (Å²) in [6.07, 6.45) is 8.28. The maximum Gasteiger partial charge on any atom is 0.230 e. The molecule has 0 spiro atoms. The lowest BCUT2D eigenvalue weighted by molar-refractivity contribution is -0.119. The molecule has 4 nitrogen and oxygen atoms in total. The fraction of sp³-hybridized carbons (Fsp3) is 0.714. The first-order chi connectivity index (χ1) is 9.33. The van der Waals surface area contributed by atoms with Crippen LogP contribution in [0.3, 0.4) is 0 Å². The molecule has 0 radical (unpaired) electrons. The van der Waals surface area contributed by atoms with Gasteiger partial charge in [-0.2, -0.15) is 0 Å². The van der Waals surface area contributed by atoms with E-state index in [0.29, 0.717) is 0 Å². The fourth-order valence-corrected chi connectivity index (χ4v) is 3.90. The molecule has 3 rings (SSSR count). The molecule has 1 atom stereocenters. The second kappa shape index (κ2) is 7.38. The van der Waals surface area contributed by atoms with Crippen molar-refractivity contribution in [3.63, 3.8) is 0 Å². The zero-order valence-corrected chi connectivity index (χ0v) is 13.2. The zero-order valence-electron chi connectivity index (χ0n) is 11.6. The monoisotopic (exact) mass is 315 g/mol. The summed E-state index contributed by atoms with van der Waals surface area (Å²) < 4.78 is 0. The highest BCUT2D eigenvalue weighted by molar-refractivity contribution is 7.15. The van der Waals surface area contributed by atoms with Crippen molar-refractivity contribution in [1.29, 1.82) is 0 Å². The molecule has 20 heavy (non-hydrogen) atoms. The minimum Gasteiger partial charge on any atom is -0.316 e. The molecule has 1 aliphatic heterocycles. The summed E-state index contributed by atoms with van der Waals surface area (Å²) in [5.41, 5.74) is 1.23. The Morgan fingerprint density at radius 2 is 2.05 bits per heavy atom. The minimum atomic E-state index is 0. The topological polar surface area (TPSA) is 54.0 Å². The predicted molar refractivity (Wildman–Crippen MR) is 84.8 cm³/mol. The maximum absolute atomic E-state index is 12.1. The lowest BCUT2D eigenvalue weighted by Gasteiger charge is -2.06. The fourth-order valence-electron chi connectivity index (χ4n) is 2.84. The molecule has 1 unspecified atom stereocenters. The van der Waals surface area contributed by atoms with Gasteiger partial charge in [-0.1, -0.05) is 12.8 Å². The molecule has 0 aromatic carbocycles. The smallest absolute Gasteiger partial charge is 0.230 e. The highest BCUT2D eigenvalue weighted by Gasteiger charge is 2.23. The third-order valence-electron chi connectivity index (χ3n) is 4.01. The van der Waals surface area contributed by atoms with Crippen LogP contribution in [0.2, 0.25) is 0 Å². The van der Waals surface area contributed by atoms with Crippen LogP contribution in [-0.4, -0.2) is 24.0 Å². The van der Waals surface area contributed by atoms with E-state index in [1.165, 1.54) is 36.3 Å². The average molecular weight is 316 g/mol. The van der Waals surface area contributed by atoms with E-state index in [4.69, 9.17) is 0 Å². The third kappa shape index (κ3) is 3.71. The molecule has 0 bridgehead atoms. The summed E-state index contributed by atoms with van der Waals surface area (Å²) in [4.78, 5) is 18.1. The number of anilines is 1. The molecular weight excluding hydrogens is 294 g/mol. The lowest BCUT2D eigenvalue weighted by atomic mass is 10.0. The largest absolute Gasteiger partial charge is 0.316 e. The SMILES string of the molecule is Cl.O=C(Nc1nc2c(s1)CCCCCC2)C1CCNC1. The molecule has 112 valence electrons. The number of nitrogens with zero attached hydrogens (tertiary/aromatic N) is 1. The molecular formula is C14H22ClN3OS. The first-order valence-corrected chi connectivity index (χ1v) is 8.15. The van der Waals surface area contributed by atoms with E-state index in [0.717, 1.165) is 37.5 Å². The second-order valence-corrected chi connectivity index (χ2v) is 6.57. The van der Waals surface area contributed by atoms with Gasteiger partial charge in [-0.15, -0.1) is 23.7 Å². The number of hydrogen-bond donors (Lipinski definition) is 2. The van der Waals surface area contributed by atoms with Crippen molar-refractivity contribution in [2.75, 3.05) is 18.4 Å². The Balaban J connectivity index is 0.00000147. The molecule has 1 aromatic rings. The van der Waals surface area contributed by atoms with Crippen LogP contribution in [0.25, 0.3) is 0 Å². The summed E-state index contributed by atoms with van der Waals surface area (Å²) >= 11 is 1.68. The van der Waals surface area contributed by atoms with E-state index in [9.17, 15) is 4.79 Å². The Bertz CT molecular complexity index is 432. The average Bonchev–Trinajstić information content (AvgIpc) is 3.00. The van der Waals surface area contributed by atoms with Gasteiger partial charge >= 0.3 is 0 Å². The number of carbonyl (C=O) groups is 1. The summed E-state index contributed by atoms with van der Waals surface area (Å²) in [5.74, 6) is 0.248. The van der Waals surface area contributed by atoms with Gasteiger partial charge in [0.2, 0.25) is 5.91 Å². The Morgan fingerprint density at radius 1 is 1.25 bits per heavy atom. The molecule has 1 amide bonds. The Hall–Kier alpha value is -0.650. The minimum absolute atomic E-state index is 0. The molecule has 1 aliphatic carbocycles. The van der Waals surface area contributed by atoms with Crippen molar-refractivity contribution >= 4 is 34.8 Å².